The Kier molecular flexibility index (Phi) is 19.5. The van der Waals surface area contributed by atoms with Gasteiger partial charge in [0.2, 0.25) is 0 Å². The summed E-state index contributed by atoms with van der Waals surface area (Å²) >= 11 is 0. The van der Waals surface area contributed by atoms with Crippen LogP contribution in [-0.4, -0.2) is 36.9 Å². The third kappa shape index (κ3) is 26.8. The third-order valence-corrected chi connectivity index (χ3v) is 2.41. The lowest BCUT2D eigenvalue weighted by molar-refractivity contribution is -0.142. The Morgan fingerprint density at radius 1 is 0.960 bits per heavy atom. The first-order valence-electron chi connectivity index (χ1n) is 8.15. The molecule has 0 amide bonds. The van der Waals surface area contributed by atoms with Gasteiger partial charge >= 0.3 is 11.9 Å². The predicted molar refractivity (Wildman–Crippen MR) is 101 cm³/mol. The van der Waals surface area contributed by atoms with Crippen molar-refractivity contribution in [3.8, 4) is 0 Å². The van der Waals surface area contributed by atoms with Gasteiger partial charge in [0, 0.05) is 19.1 Å². The van der Waals surface area contributed by atoms with E-state index in [4.69, 9.17) is 9.84 Å². The highest BCUT2D eigenvalue weighted by Gasteiger charge is 1.90. The molecule has 5 nitrogen and oxygen atoms in total. The molecular weight excluding hydrogens is 320 g/mol. The molecule has 2 aliphatic rings. The number of carboxylic acids is 1. The summed E-state index contributed by atoms with van der Waals surface area (Å²) in [5.74, 6) is -1.19. The Labute approximate surface area is 151 Å². The molecule has 0 radical (unpaired) electrons. The molecule has 0 aromatic rings. The standard InChI is InChI=1S/C6H12O3.2C5H6.C4H6O2/c1-3-8-4-5-9-6(2)7;2*1-2-4-5-3-1;1-3(2)4(5)6/h3-5H2,1-2H3;2*1-4H,5H2;1H2,2H3,(H,5,6). The van der Waals surface area contributed by atoms with Gasteiger partial charge in [-0.3, -0.25) is 4.79 Å². The Balaban J connectivity index is 0. The number of rotatable bonds is 5. The van der Waals surface area contributed by atoms with Crippen molar-refractivity contribution in [2.45, 2.75) is 33.6 Å². The molecule has 2 rings (SSSR count). The molecule has 0 unspecified atom stereocenters. The summed E-state index contributed by atoms with van der Waals surface area (Å²) in [6.07, 6.45) is 19.0. The summed E-state index contributed by atoms with van der Waals surface area (Å²) in [6, 6.07) is 0. The van der Waals surface area contributed by atoms with Crippen LogP contribution in [0.4, 0.5) is 0 Å². The van der Waals surface area contributed by atoms with E-state index in [0.29, 0.717) is 19.8 Å². The fraction of sp³-hybridized carbons (Fsp3) is 0.400. The average molecular weight is 350 g/mol. The maximum Gasteiger partial charge on any atom is 0.330 e. The highest BCUT2D eigenvalue weighted by molar-refractivity contribution is 5.84. The lowest BCUT2D eigenvalue weighted by atomic mass is 10.4. The van der Waals surface area contributed by atoms with E-state index in [-0.39, 0.29) is 11.5 Å². The zero-order chi connectivity index (χ0) is 19.3. The minimum absolute atomic E-state index is 0.176. The largest absolute Gasteiger partial charge is 0.478 e. The van der Waals surface area contributed by atoms with Crippen LogP contribution in [-0.2, 0) is 19.1 Å². The maximum absolute atomic E-state index is 10.1. The SMILES string of the molecule is C1=CCC=C1.C1=CCC=C1.C=C(C)C(=O)O.CCOCCOC(C)=O. The lowest BCUT2D eigenvalue weighted by Crippen LogP contribution is -2.06. The molecule has 140 valence electrons. The number of aliphatic carboxylic acids is 1. The monoisotopic (exact) mass is 350 g/mol. The van der Waals surface area contributed by atoms with Crippen LogP contribution in [0.15, 0.2) is 60.8 Å². The van der Waals surface area contributed by atoms with Gasteiger partial charge in [0.1, 0.15) is 6.61 Å². The maximum atomic E-state index is 10.1. The zero-order valence-electron chi connectivity index (χ0n) is 15.4. The van der Waals surface area contributed by atoms with Gasteiger partial charge in [0.05, 0.1) is 6.61 Å². The molecule has 0 atom stereocenters. The Hall–Kier alpha value is -2.40. The molecule has 0 aromatic heterocycles. The van der Waals surface area contributed by atoms with Gasteiger partial charge in [-0.15, -0.1) is 0 Å². The van der Waals surface area contributed by atoms with E-state index >= 15 is 0 Å². The number of hydrogen-bond donors (Lipinski definition) is 1. The number of ether oxygens (including phenoxy) is 2. The van der Waals surface area contributed by atoms with Crippen molar-refractivity contribution in [2.24, 2.45) is 0 Å². The van der Waals surface area contributed by atoms with Gasteiger partial charge in [0.15, 0.2) is 0 Å². The summed E-state index contributed by atoms with van der Waals surface area (Å²) in [5.41, 5.74) is 0.176. The van der Waals surface area contributed by atoms with Gasteiger partial charge in [-0.1, -0.05) is 55.2 Å². The van der Waals surface area contributed by atoms with Gasteiger partial charge in [0.25, 0.3) is 0 Å². The molecular formula is C20H30O5. The van der Waals surface area contributed by atoms with E-state index in [0.717, 1.165) is 12.8 Å². The first-order chi connectivity index (χ1) is 11.9. The van der Waals surface area contributed by atoms with Crippen molar-refractivity contribution in [3.63, 3.8) is 0 Å². The molecule has 5 heteroatoms. The van der Waals surface area contributed by atoms with Crippen LogP contribution in [0.25, 0.3) is 0 Å². The van der Waals surface area contributed by atoms with Gasteiger partial charge in [-0.2, -0.15) is 0 Å². The summed E-state index contributed by atoms with van der Waals surface area (Å²) in [5, 5.41) is 7.89. The zero-order valence-corrected chi connectivity index (χ0v) is 15.4. The van der Waals surface area contributed by atoms with Crippen molar-refractivity contribution >= 4 is 11.9 Å². The second-order valence-corrected chi connectivity index (χ2v) is 4.81. The summed E-state index contributed by atoms with van der Waals surface area (Å²) in [7, 11) is 0. The highest BCUT2D eigenvalue weighted by Crippen LogP contribution is 1.93. The van der Waals surface area contributed by atoms with Crippen molar-refractivity contribution in [2.75, 3.05) is 19.8 Å². The van der Waals surface area contributed by atoms with Gasteiger partial charge < -0.3 is 14.6 Å². The number of esters is 1. The lowest BCUT2D eigenvalue weighted by Gasteiger charge is -1.99. The summed E-state index contributed by atoms with van der Waals surface area (Å²) in [6.45, 7) is 9.41. The molecule has 1 N–H and O–H groups in total. The highest BCUT2D eigenvalue weighted by atomic mass is 16.6. The van der Waals surface area contributed by atoms with E-state index in [1.165, 1.54) is 13.8 Å². The van der Waals surface area contributed by atoms with Crippen LogP contribution in [0.2, 0.25) is 0 Å². The van der Waals surface area contributed by atoms with Gasteiger partial charge in [-0.25, -0.2) is 4.79 Å². The van der Waals surface area contributed by atoms with Crippen molar-refractivity contribution in [1.29, 1.82) is 0 Å². The molecule has 0 saturated carbocycles. The molecule has 0 aromatic carbocycles. The van der Waals surface area contributed by atoms with Crippen LogP contribution in [0, 0.1) is 0 Å². The normalized spacial score (nSPS) is 12.1. The number of carbonyl (C=O) groups is 2. The van der Waals surface area contributed by atoms with Crippen LogP contribution >= 0.6 is 0 Å². The second kappa shape index (κ2) is 19.6. The van der Waals surface area contributed by atoms with E-state index in [1.54, 1.807) is 0 Å². The van der Waals surface area contributed by atoms with Crippen LogP contribution < -0.4 is 0 Å². The minimum atomic E-state index is -0.935. The third-order valence-electron chi connectivity index (χ3n) is 2.41. The van der Waals surface area contributed by atoms with Crippen LogP contribution in [0.1, 0.15) is 33.6 Å². The number of carbonyl (C=O) groups excluding carboxylic acids is 1. The Morgan fingerprint density at radius 3 is 1.56 bits per heavy atom. The number of hydrogen-bond acceptors (Lipinski definition) is 4. The molecule has 0 spiro atoms. The van der Waals surface area contributed by atoms with Crippen molar-refractivity contribution < 1.29 is 24.2 Å². The minimum Gasteiger partial charge on any atom is -0.478 e. The first-order valence-corrected chi connectivity index (χ1v) is 8.15. The van der Waals surface area contributed by atoms with E-state index in [9.17, 15) is 9.59 Å². The molecule has 0 saturated heterocycles. The van der Waals surface area contributed by atoms with Crippen LogP contribution in [0.3, 0.4) is 0 Å². The fourth-order valence-corrected chi connectivity index (χ4v) is 1.17. The van der Waals surface area contributed by atoms with E-state index in [2.05, 4.69) is 59.9 Å². The molecule has 0 aliphatic heterocycles. The number of allylic oxidation sites excluding steroid dienone is 8. The predicted octanol–water partition coefficient (Wildman–Crippen LogP) is 4.24. The van der Waals surface area contributed by atoms with Crippen LogP contribution in [0.5, 0.6) is 0 Å². The topological polar surface area (TPSA) is 72.8 Å². The summed E-state index contributed by atoms with van der Waals surface area (Å²) < 4.78 is 9.49. The second-order valence-electron chi connectivity index (χ2n) is 4.81. The average Bonchev–Trinajstić information content (AvgIpc) is 3.30. The summed E-state index contributed by atoms with van der Waals surface area (Å²) in [4.78, 5) is 19.7. The molecule has 0 bridgehead atoms. The smallest absolute Gasteiger partial charge is 0.330 e. The number of carboxylic acid groups (broad SMARTS) is 1. The Bertz CT molecular complexity index is 430. The van der Waals surface area contributed by atoms with Crippen molar-refractivity contribution in [3.05, 3.63) is 60.8 Å². The quantitative estimate of drug-likeness (QED) is 0.456. The molecule has 2 aliphatic carbocycles. The van der Waals surface area contributed by atoms with Gasteiger partial charge in [-0.05, 0) is 26.7 Å². The molecule has 25 heavy (non-hydrogen) atoms. The first kappa shape index (κ1) is 24.8. The molecule has 0 fully saturated rings. The van der Waals surface area contributed by atoms with E-state index in [1.807, 2.05) is 6.92 Å². The molecule has 0 heterocycles. The van der Waals surface area contributed by atoms with E-state index < -0.39 is 5.97 Å². The Morgan fingerprint density at radius 2 is 1.36 bits per heavy atom. The fourth-order valence-electron chi connectivity index (χ4n) is 1.17. The van der Waals surface area contributed by atoms with Crippen molar-refractivity contribution in [1.82, 2.24) is 0 Å².